The van der Waals surface area contributed by atoms with E-state index in [9.17, 15) is 0 Å². The summed E-state index contributed by atoms with van der Waals surface area (Å²) < 4.78 is 11.4. The molecule has 6 nitrogen and oxygen atoms in total. The molecular weight excluding hydrogens is 819 g/mol. The van der Waals surface area contributed by atoms with Gasteiger partial charge in [-0.05, 0) is 88.6 Å². The lowest BCUT2D eigenvalue weighted by Gasteiger charge is -2.16. The van der Waals surface area contributed by atoms with Crippen LogP contribution < -0.4 is 0 Å². The van der Waals surface area contributed by atoms with Gasteiger partial charge in [0.2, 0.25) is 0 Å². The number of rotatable bonds is 6. The van der Waals surface area contributed by atoms with Crippen LogP contribution in [0.2, 0.25) is 0 Å². The van der Waals surface area contributed by atoms with Gasteiger partial charge in [-0.15, -0.1) is 0 Å². The van der Waals surface area contributed by atoms with Crippen LogP contribution in [0.15, 0.2) is 229 Å². The van der Waals surface area contributed by atoms with E-state index >= 15 is 0 Å². The van der Waals surface area contributed by atoms with E-state index in [2.05, 4.69) is 215 Å². The molecule has 0 aliphatic heterocycles. The molecule has 312 valence electrons. The van der Waals surface area contributed by atoms with Gasteiger partial charge >= 0.3 is 0 Å². The highest BCUT2D eigenvalue weighted by Crippen LogP contribution is 2.45. The molecule has 4 heterocycles. The zero-order valence-corrected chi connectivity index (χ0v) is 36.0. The SMILES string of the molecule is c1ccc(-c2cccc(-c3nc(-c4c(-n5c6ccccc6c6cc7ccccc7cc65)ccc5oc6ccccc6c45)nc(-c4cccc5c4c4ccccc4n5-c4ccccc4)n3)c2)cc1. The van der Waals surface area contributed by atoms with Gasteiger partial charge in [0.05, 0.1) is 33.3 Å². The summed E-state index contributed by atoms with van der Waals surface area (Å²) >= 11 is 0. The lowest BCUT2D eigenvalue weighted by Crippen LogP contribution is -2.04. The number of hydrogen-bond acceptors (Lipinski definition) is 4. The van der Waals surface area contributed by atoms with Crippen LogP contribution in [-0.2, 0) is 0 Å². The van der Waals surface area contributed by atoms with Crippen LogP contribution in [0, 0.1) is 0 Å². The predicted molar refractivity (Wildman–Crippen MR) is 275 cm³/mol. The zero-order chi connectivity index (χ0) is 44.0. The van der Waals surface area contributed by atoms with Gasteiger partial charge in [-0.1, -0.05) is 158 Å². The second-order valence-corrected chi connectivity index (χ2v) is 17.1. The van der Waals surface area contributed by atoms with Crippen LogP contribution in [0.4, 0.5) is 0 Å². The summed E-state index contributed by atoms with van der Waals surface area (Å²) in [5, 5.41) is 8.83. The normalized spacial score (nSPS) is 11.9. The first-order chi connectivity index (χ1) is 33.2. The smallest absolute Gasteiger partial charge is 0.166 e. The van der Waals surface area contributed by atoms with Gasteiger partial charge in [0, 0.05) is 49.1 Å². The number of fused-ring (bicyclic) bond motifs is 10. The second kappa shape index (κ2) is 14.7. The molecule has 6 heteroatoms. The molecule has 0 atom stereocenters. The molecule has 14 aromatic rings. The number of nitrogens with zero attached hydrogens (tertiary/aromatic N) is 5. The van der Waals surface area contributed by atoms with Gasteiger partial charge in [-0.3, -0.25) is 0 Å². The number of para-hydroxylation sites is 4. The van der Waals surface area contributed by atoms with Gasteiger partial charge in [-0.2, -0.15) is 0 Å². The molecule has 0 saturated heterocycles. The molecule has 0 N–H and O–H groups in total. The van der Waals surface area contributed by atoms with E-state index in [-0.39, 0.29) is 0 Å². The van der Waals surface area contributed by atoms with E-state index in [1.165, 1.54) is 21.5 Å². The van der Waals surface area contributed by atoms with E-state index in [0.29, 0.717) is 17.5 Å². The molecule has 0 fully saturated rings. The third-order valence-corrected chi connectivity index (χ3v) is 13.3. The van der Waals surface area contributed by atoms with Gasteiger partial charge in [-0.25, -0.2) is 15.0 Å². The Bertz CT molecular complexity index is 4280. The summed E-state index contributed by atoms with van der Waals surface area (Å²) in [6, 6.07) is 79.1. The highest BCUT2D eigenvalue weighted by atomic mass is 16.3. The van der Waals surface area contributed by atoms with Crippen molar-refractivity contribution in [1.82, 2.24) is 24.1 Å². The van der Waals surface area contributed by atoms with Crippen molar-refractivity contribution in [1.29, 1.82) is 0 Å². The molecule has 0 radical (unpaired) electrons. The van der Waals surface area contributed by atoms with Crippen molar-refractivity contribution in [2.45, 2.75) is 0 Å². The minimum Gasteiger partial charge on any atom is -0.456 e. The Balaban J connectivity index is 1.12. The largest absolute Gasteiger partial charge is 0.456 e. The van der Waals surface area contributed by atoms with Crippen LogP contribution in [0.1, 0.15) is 0 Å². The zero-order valence-electron chi connectivity index (χ0n) is 36.0. The van der Waals surface area contributed by atoms with Crippen molar-refractivity contribution in [2.24, 2.45) is 0 Å². The molecule has 10 aromatic carbocycles. The Morgan fingerprint density at radius 2 is 0.940 bits per heavy atom. The van der Waals surface area contributed by atoms with Crippen LogP contribution in [0.25, 0.3) is 133 Å². The van der Waals surface area contributed by atoms with Crippen LogP contribution in [0.5, 0.6) is 0 Å². The topological polar surface area (TPSA) is 61.7 Å². The Morgan fingerprint density at radius 1 is 0.328 bits per heavy atom. The molecule has 14 rings (SSSR count). The van der Waals surface area contributed by atoms with E-state index < -0.39 is 0 Å². The minimum atomic E-state index is 0.549. The van der Waals surface area contributed by atoms with E-state index in [1.807, 2.05) is 18.2 Å². The highest BCUT2D eigenvalue weighted by molar-refractivity contribution is 6.18. The van der Waals surface area contributed by atoms with Crippen LogP contribution in [-0.4, -0.2) is 24.1 Å². The van der Waals surface area contributed by atoms with Crippen LogP contribution in [0.3, 0.4) is 0 Å². The van der Waals surface area contributed by atoms with Crippen molar-refractivity contribution in [3.05, 3.63) is 224 Å². The minimum absolute atomic E-state index is 0.549. The quantitative estimate of drug-likeness (QED) is 0.167. The molecule has 0 spiro atoms. The summed E-state index contributed by atoms with van der Waals surface area (Å²) in [6.07, 6.45) is 0. The maximum Gasteiger partial charge on any atom is 0.166 e. The molecule has 0 unspecified atom stereocenters. The summed E-state index contributed by atoms with van der Waals surface area (Å²) in [5.41, 5.74) is 12.8. The Morgan fingerprint density at radius 3 is 1.78 bits per heavy atom. The summed E-state index contributed by atoms with van der Waals surface area (Å²) in [6.45, 7) is 0. The van der Waals surface area contributed by atoms with Crippen molar-refractivity contribution in [3.63, 3.8) is 0 Å². The summed E-state index contributed by atoms with van der Waals surface area (Å²) in [7, 11) is 0. The van der Waals surface area contributed by atoms with Gasteiger partial charge in [0.1, 0.15) is 11.2 Å². The number of benzene rings is 10. The Labute approximate surface area is 384 Å². The second-order valence-electron chi connectivity index (χ2n) is 17.1. The third-order valence-electron chi connectivity index (χ3n) is 13.3. The molecule has 0 aliphatic rings. The summed E-state index contributed by atoms with van der Waals surface area (Å²) in [4.78, 5) is 16.7. The standard InChI is InChI=1S/C61H37N5O/c1-3-17-38(18-4-1)39-21-15-22-42(35-39)59-62-60(47-28-16-31-51-56(47)45-26-10-13-30-50(45)65(51)43-23-5-2-6-24-43)64-61(63-59)58-52(33-34-55-57(58)46-27-11-14-32-54(46)67-55)66-49-29-12-9-25-44(49)48-36-40-19-7-8-20-41(40)37-53(48)66/h1-37H. The summed E-state index contributed by atoms with van der Waals surface area (Å²) in [5.74, 6) is 1.70. The first-order valence-corrected chi connectivity index (χ1v) is 22.6. The van der Waals surface area contributed by atoms with Crippen molar-refractivity contribution < 1.29 is 4.42 Å². The van der Waals surface area contributed by atoms with Crippen molar-refractivity contribution in [2.75, 3.05) is 0 Å². The van der Waals surface area contributed by atoms with Crippen molar-refractivity contribution >= 4 is 76.3 Å². The lowest BCUT2D eigenvalue weighted by atomic mass is 10.0. The number of aromatic nitrogens is 5. The highest BCUT2D eigenvalue weighted by Gasteiger charge is 2.26. The van der Waals surface area contributed by atoms with Gasteiger partial charge < -0.3 is 13.6 Å². The monoisotopic (exact) mass is 855 g/mol. The molecule has 0 bridgehead atoms. The van der Waals surface area contributed by atoms with Crippen molar-refractivity contribution in [3.8, 4) is 56.7 Å². The molecule has 67 heavy (non-hydrogen) atoms. The molecule has 0 amide bonds. The van der Waals surface area contributed by atoms with E-state index in [1.54, 1.807) is 0 Å². The van der Waals surface area contributed by atoms with Crippen LogP contribution >= 0.6 is 0 Å². The maximum absolute atomic E-state index is 6.68. The van der Waals surface area contributed by atoms with Gasteiger partial charge in [0.15, 0.2) is 17.5 Å². The fourth-order valence-corrected chi connectivity index (χ4v) is 10.4. The van der Waals surface area contributed by atoms with E-state index in [0.717, 1.165) is 94.0 Å². The molecule has 4 aromatic heterocycles. The lowest BCUT2D eigenvalue weighted by molar-refractivity contribution is 0.669. The first-order valence-electron chi connectivity index (χ1n) is 22.6. The Kier molecular flexibility index (Phi) is 8.18. The van der Waals surface area contributed by atoms with E-state index in [4.69, 9.17) is 19.4 Å². The predicted octanol–water partition coefficient (Wildman–Crippen LogP) is 15.8. The average Bonchev–Trinajstić information content (AvgIpc) is 4.06. The fourth-order valence-electron chi connectivity index (χ4n) is 10.4. The molecule has 0 aliphatic carbocycles. The Hall–Kier alpha value is -9.13. The number of hydrogen-bond donors (Lipinski definition) is 0. The molecular formula is C61H37N5O. The average molecular weight is 856 g/mol. The van der Waals surface area contributed by atoms with Gasteiger partial charge in [0.25, 0.3) is 0 Å². The number of furan rings is 1. The third kappa shape index (κ3) is 5.80. The molecule has 0 saturated carbocycles. The first kappa shape index (κ1) is 37.3. The maximum atomic E-state index is 6.68. The fraction of sp³-hybridized carbons (Fsp3) is 0.